The summed E-state index contributed by atoms with van der Waals surface area (Å²) in [5.41, 5.74) is 1.34. The second-order valence-electron chi connectivity index (χ2n) is 5.05. The normalized spacial score (nSPS) is 14.4. The van der Waals surface area contributed by atoms with Crippen LogP contribution in [0.4, 0.5) is 0 Å². The highest BCUT2D eigenvalue weighted by atomic mass is 35.5. The number of hydrogen-bond acceptors (Lipinski definition) is 1. The summed E-state index contributed by atoms with van der Waals surface area (Å²) in [5, 5.41) is 4.25. The van der Waals surface area contributed by atoms with E-state index >= 15 is 0 Å². The summed E-state index contributed by atoms with van der Waals surface area (Å²) >= 11 is 5.94. The van der Waals surface area contributed by atoms with Crippen LogP contribution in [0.3, 0.4) is 0 Å². The Morgan fingerprint density at radius 1 is 1.17 bits per heavy atom. The third-order valence-electron chi connectivity index (χ3n) is 3.73. The third-order valence-corrected chi connectivity index (χ3v) is 3.99. The van der Waals surface area contributed by atoms with Crippen LogP contribution in [0.15, 0.2) is 24.3 Å². The van der Waals surface area contributed by atoms with E-state index in [2.05, 4.69) is 31.3 Å². The number of nitrogens with one attached hydrogen (secondary N) is 1. The van der Waals surface area contributed by atoms with Gasteiger partial charge in [0.15, 0.2) is 0 Å². The van der Waals surface area contributed by atoms with Crippen molar-refractivity contribution in [2.24, 2.45) is 5.92 Å². The van der Waals surface area contributed by atoms with Gasteiger partial charge in [0.25, 0.3) is 0 Å². The summed E-state index contributed by atoms with van der Waals surface area (Å²) in [7, 11) is 2.05. The molecule has 0 radical (unpaired) electrons. The molecule has 2 heteroatoms. The molecule has 2 atom stereocenters. The fourth-order valence-electron chi connectivity index (χ4n) is 2.43. The highest BCUT2D eigenvalue weighted by Crippen LogP contribution is 2.27. The molecule has 0 saturated carbocycles. The molecule has 0 aliphatic rings. The first kappa shape index (κ1) is 15.5. The molecule has 0 spiro atoms. The number of benzene rings is 1. The van der Waals surface area contributed by atoms with E-state index in [9.17, 15) is 0 Å². The molecular weight excluding hydrogens is 242 g/mol. The Kier molecular flexibility index (Phi) is 7.38. The zero-order chi connectivity index (χ0) is 13.4. The molecule has 1 nitrogen and oxygen atoms in total. The second-order valence-corrected chi connectivity index (χ2v) is 5.48. The largest absolute Gasteiger partial charge is 0.313 e. The Balaban J connectivity index is 2.62. The van der Waals surface area contributed by atoms with E-state index in [0.29, 0.717) is 6.04 Å². The van der Waals surface area contributed by atoms with Crippen LogP contribution in [0.25, 0.3) is 0 Å². The lowest BCUT2D eigenvalue weighted by Gasteiger charge is -2.23. The lowest BCUT2D eigenvalue weighted by molar-refractivity contribution is 0.365. The van der Waals surface area contributed by atoms with Crippen molar-refractivity contribution < 1.29 is 0 Å². The van der Waals surface area contributed by atoms with Gasteiger partial charge in [0.05, 0.1) is 0 Å². The third kappa shape index (κ3) is 4.99. The molecule has 1 rings (SSSR count). The summed E-state index contributed by atoms with van der Waals surface area (Å²) in [4.78, 5) is 0. The molecule has 0 amide bonds. The summed E-state index contributed by atoms with van der Waals surface area (Å²) in [6.45, 7) is 4.57. The van der Waals surface area contributed by atoms with E-state index in [4.69, 9.17) is 11.6 Å². The molecule has 102 valence electrons. The van der Waals surface area contributed by atoms with E-state index in [1.165, 1.54) is 37.7 Å². The topological polar surface area (TPSA) is 12.0 Å². The number of unbranched alkanes of at least 4 members (excludes halogenated alkanes) is 1. The average Bonchev–Trinajstić information content (AvgIpc) is 2.40. The predicted molar refractivity (Wildman–Crippen MR) is 81.2 cm³/mol. The molecule has 2 unspecified atom stereocenters. The van der Waals surface area contributed by atoms with Gasteiger partial charge in [-0.05, 0) is 37.1 Å². The van der Waals surface area contributed by atoms with Crippen LogP contribution < -0.4 is 5.32 Å². The van der Waals surface area contributed by atoms with Crippen LogP contribution in [-0.4, -0.2) is 7.05 Å². The van der Waals surface area contributed by atoms with Gasteiger partial charge >= 0.3 is 0 Å². The summed E-state index contributed by atoms with van der Waals surface area (Å²) in [6, 6.07) is 8.68. The van der Waals surface area contributed by atoms with Crippen LogP contribution in [0, 0.1) is 5.92 Å². The monoisotopic (exact) mass is 267 g/mol. The number of rotatable bonds is 8. The van der Waals surface area contributed by atoms with Crippen molar-refractivity contribution in [1.29, 1.82) is 0 Å². The molecule has 0 fully saturated rings. The first-order valence-corrected chi connectivity index (χ1v) is 7.51. The maximum atomic E-state index is 5.94. The summed E-state index contributed by atoms with van der Waals surface area (Å²) in [5.74, 6) is 0.818. The Bertz CT molecular complexity index is 320. The van der Waals surface area contributed by atoms with Crippen LogP contribution in [0.2, 0.25) is 5.02 Å². The van der Waals surface area contributed by atoms with E-state index in [1.54, 1.807) is 0 Å². The first-order chi connectivity index (χ1) is 8.71. The van der Waals surface area contributed by atoms with Crippen LogP contribution in [0.5, 0.6) is 0 Å². The number of hydrogen-bond donors (Lipinski definition) is 1. The highest BCUT2D eigenvalue weighted by molar-refractivity contribution is 6.30. The molecule has 1 aromatic rings. The van der Waals surface area contributed by atoms with E-state index in [-0.39, 0.29) is 0 Å². The highest BCUT2D eigenvalue weighted by Gasteiger charge is 2.15. The van der Waals surface area contributed by atoms with Gasteiger partial charge in [-0.25, -0.2) is 0 Å². The van der Waals surface area contributed by atoms with E-state index in [1.807, 2.05) is 19.2 Å². The van der Waals surface area contributed by atoms with Crippen LogP contribution in [-0.2, 0) is 0 Å². The standard InChI is InChI=1S/C16H26ClN/c1-4-6-7-13(5-2)12-16(18-3)14-8-10-15(17)11-9-14/h8-11,13,16,18H,4-7,12H2,1-3H3. The summed E-state index contributed by atoms with van der Waals surface area (Å²) in [6.07, 6.45) is 6.47. The molecule has 0 aliphatic heterocycles. The van der Waals surface area contributed by atoms with Crippen molar-refractivity contribution in [3.8, 4) is 0 Å². The van der Waals surface area contributed by atoms with Crippen LogP contribution in [0.1, 0.15) is 57.6 Å². The van der Waals surface area contributed by atoms with E-state index in [0.717, 1.165) is 10.9 Å². The molecule has 1 aromatic carbocycles. The minimum absolute atomic E-state index is 0.448. The van der Waals surface area contributed by atoms with Gasteiger partial charge in [0.2, 0.25) is 0 Å². The smallest absolute Gasteiger partial charge is 0.0406 e. The lowest BCUT2D eigenvalue weighted by Crippen LogP contribution is -2.19. The van der Waals surface area contributed by atoms with Gasteiger partial charge < -0.3 is 5.32 Å². The maximum Gasteiger partial charge on any atom is 0.0406 e. The quantitative estimate of drug-likeness (QED) is 0.682. The Labute approximate surface area is 117 Å². The number of halogens is 1. The van der Waals surface area contributed by atoms with Crippen molar-refractivity contribution in [1.82, 2.24) is 5.32 Å². The molecule has 18 heavy (non-hydrogen) atoms. The van der Waals surface area contributed by atoms with Crippen molar-refractivity contribution in [3.05, 3.63) is 34.9 Å². The lowest BCUT2D eigenvalue weighted by atomic mass is 9.89. The van der Waals surface area contributed by atoms with Gasteiger partial charge in [0.1, 0.15) is 0 Å². The first-order valence-electron chi connectivity index (χ1n) is 7.13. The molecule has 0 saturated heterocycles. The molecule has 0 heterocycles. The fraction of sp³-hybridized carbons (Fsp3) is 0.625. The van der Waals surface area contributed by atoms with Crippen molar-refractivity contribution in [2.45, 2.75) is 52.0 Å². The minimum Gasteiger partial charge on any atom is -0.313 e. The summed E-state index contributed by atoms with van der Waals surface area (Å²) < 4.78 is 0. The molecule has 0 aliphatic carbocycles. The van der Waals surface area contributed by atoms with Crippen LogP contribution >= 0.6 is 11.6 Å². The van der Waals surface area contributed by atoms with Gasteiger partial charge in [0, 0.05) is 11.1 Å². The van der Waals surface area contributed by atoms with Gasteiger partial charge in [-0.3, -0.25) is 0 Å². The zero-order valence-corrected chi connectivity index (χ0v) is 12.6. The van der Waals surface area contributed by atoms with Crippen molar-refractivity contribution in [2.75, 3.05) is 7.05 Å². The Morgan fingerprint density at radius 3 is 2.33 bits per heavy atom. The minimum atomic E-state index is 0.448. The Morgan fingerprint density at radius 2 is 1.83 bits per heavy atom. The average molecular weight is 268 g/mol. The fourth-order valence-corrected chi connectivity index (χ4v) is 2.56. The van der Waals surface area contributed by atoms with Gasteiger partial charge in [-0.1, -0.05) is 63.3 Å². The molecule has 1 N–H and O–H groups in total. The maximum absolute atomic E-state index is 5.94. The van der Waals surface area contributed by atoms with E-state index < -0.39 is 0 Å². The van der Waals surface area contributed by atoms with Crippen molar-refractivity contribution >= 4 is 11.6 Å². The van der Waals surface area contributed by atoms with Gasteiger partial charge in [-0.15, -0.1) is 0 Å². The SMILES string of the molecule is CCCCC(CC)CC(NC)c1ccc(Cl)cc1. The second kappa shape index (κ2) is 8.55. The van der Waals surface area contributed by atoms with Crippen molar-refractivity contribution in [3.63, 3.8) is 0 Å². The Hall–Kier alpha value is -0.530. The zero-order valence-electron chi connectivity index (χ0n) is 11.9. The van der Waals surface area contributed by atoms with Gasteiger partial charge in [-0.2, -0.15) is 0 Å². The molecule has 0 bridgehead atoms. The molecule has 0 aromatic heterocycles. The predicted octanol–water partition coefficient (Wildman–Crippen LogP) is 5.21. The molecular formula is C16H26ClN.